The second kappa shape index (κ2) is 11.5. The third-order valence-electron chi connectivity index (χ3n) is 7.34. The second-order valence-electron chi connectivity index (χ2n) is 9.77. The number of nitrogens with one attached hydrogen (secondary N) is 1. The van der Waals surface area contributed by atoms with Crippen LogP contribution in [-0.2, 0) is 16.1 Å². The van der Waals surface area contributed by atoms with Crippen LogP contribution in [-0.4, -0.2) is 52.1 Å². The van der Waals surface area contributed by atoms with Gasteiger partial charge < -0.3 is 10.2 Å². The van der Waals surface area contributed by atoms with E-state index in [1.165, 1.54) is 4.90 Å². The number of fused-ring (bicyclic) bond motifs is 1. The summed E-state index contributed by atoms with van der Waals surface area (Å²) in [7, 11) is 0. The van der Waals surface area contributed by atoms with Crippen LogP contribution in [0.2, 0.25) is 0 Å². The van der Waals surface area contributed by atoms with Gasteiger partial charge in [0.25, 0.3) is 11.8 Å². The van der Waals surface area contributed by atoms with Gasteiger partial charge in [-0.3, -0.25) is 24.1 Å². The predicted molar refractivity (Wildman–Crippen MR) is 137 cm³/mol. The zero-order chi connectivity index (χ0) is 25.7. The average molecular weight is 490 g/mol. The highest BCUT2D eigenvalue weighted by Crippen LogP contribution is 2.24. The molecule has 1 N–H and O–H groups in total. The van der Waals surface area contributed by atoms with Crippen LogP contribution in [0.25, 0.3) is 0 Å². The van der Waals surface area contributed by atoms with E-state index in [9.17, 15) is 19.2 Å². The van der Waals surface area contributed by atoms with E-state index in [2.05, 4.69) is 5.32 Å². The van der Waals surface area contributed by atoms with Crippen LogP contribution in [0.3, 0.4) is 0 Å². The number of aryl methyl sites for hydroxylation is 1. The lowest BCUT2D eigenvalue weighted by Crippen LogP contribution is -2.51. The lowest BCUT2D eigenvalue weighted by molar-refractivity contribution is -0.141. The molecule has 1 saturated carbocycles. The van der Waals surface area contributed by atoms with Gasteiger partial charge in [-0.1, -0.05) is 56.2 Å². The molecule has 190 valence electrons. The van der Waals surface area contributed by atoms with Gasteiger partial charge in [-0.05, 0) is 55.9 Å². The van der Waals surface area contributed by atoms with Gasteiger partial charge >= 0.3 is 0 Å². The van der Waals surface area contributed by atoms with Crippen LogP contribution in [0.15, 0.2) is 48.5 Å². The SMILES string of the molecule is CC[C@@H](C(=O)NC1CCCC1)N(Cc1ccccc1C)C(=O)CCCN1C(=O)c2ccccc2C1=O. The molecule has 7 nitrogen and oxygen atoms in total. The van der Waals surface area contributed by atoms with Gasteiger partial charge in [0.2, 0.25) is 11.8 Å². The highest BCUT2D eigenvalue weighted by atomic mass is 16.2. The Morgan fingerprint density at radius 2 is 1.61 bits per heavy atom. The van der Waals surface area contributed by atoms with Crippen molar-refractivity contribution in [1.29, 1.82) is 0 Å². The average Bonchev–Trinajstić information content (AvgIpc) is 3.47. The van der Waals surface area contributed by atoms with Crippen molar-refractivity contribution >= 4 is 23.6 Å². The minimum Gasteiger partial charge on any atom is -0.352 e. The number of nitrogens with zero attached hydrogens (tertiary/aromatic N) is 2. The summed E-state index contributed by atoms with van der Waals surface area (Å²) in [5, 5.41) is 3.16. The number of carbonyl (C=O) groups is 4. The summed E-state index contributed by atoms with van der Waals surface area (Å²) in [4.78, 5) is 55.0. The first kappa shape index (κ1) is 25.6. The van der Waals surface area contributed by atoms with Gasteiger partial charge in [-0.25, -0.2) is 0 Å². The summed E-state index contributed by atoms with van der Waals surface area (Å²) < 4.78 is 0. The predicted octanol–water partition coefficient (Wildman–Crippen LogP) is 4.24. The Morgan fingerprint density at radius 1 is 1.00 bits per heavy atom. The van der Waals surface area contributed by atoms with Crippen molar-refractivity contribution in [2.45, 2.75) is 77.4 Å². The van der Waals surface area contributed by atoms with Crippen molar-refractivity contribution in [2.24, 2.45) is 0 Å². The molecule has 1 aliphatic heterocycles. The van der Waals surface area contributed by atoms with Crippen molar-refractivity contribution in [3.8, 4) is 0 Å². The largest absolute Gasteiger partial charge is 0.352 e. The van der Waals surface area contributed by atoms with E-state index in [4.69, 9.17) is 0 Å². The molecule has 0 spiro atoms. The normalized spacial score (nSPS) is 16.2. The number of carbonyl (C=O) groups excluding carboxylic acids is 4. The summed E-state index contributed by atoms with van der Waals surface area (Å²) in [5.74, 6) is -0.889. The topological polar surface area (TPSA) is 86.8 Å². The van der Waals surface area contributed by atoms with Crippen LogP contribution in [0.5, 0.6) is 0 Å². The number of hydrogen-bond acceptors (Lipinski definition) is 4. The van der Waals surface area contributed by atoms with Crippen LogP contribution in [0.4, 0.5) is 0 Å². The molecular formula is C29H35N3O4. The van der Waals surface area contributed by atoms with E-state index in [0.717, 1.165) is 36.8 Å². The molecule has 0 bridgehead atoms. The minimum atomic E-state index is -0.572. The maximum absolute atomic E-state index is 13.5. The Kier molecular flexibility index (Phi) is 8.18. The molecule has 0 aromatic heterocycles. The lowest BCUT2D eigenvalue weighted by atomic mass is 10.0. The number of benzene rings is 2. The molecule has 2 aliphatic rings. The van der Waals surface area contributed by atoms with Crippen LogP contribution < -0.4 is 5.32 Å². The van der Waals surface area contributed by atoms with Gasteiger partial charge in [-0.2, -0.15) is 0 Å². The van der Waals surface area contributed by atoms with Gasteiger partial charge in [-0.15, -0.1) is 0 Å². The van der Waals surface area contributed by atoms with Gasteiger partial charge in [0.15, 0.2) is 0 Å². The zero-order valence-corrected chi connectivity index (χ0v) is 21.2. The molecule has 2 aromatic rings. The van der Waals surface area contributed by atoms with Gasteiger partial charge in [0.1, 0.15) is 6.04 Å². The molecule has 0 radical (unpaired) electrons. The second-order valence-corrected chi connectivity index (χ2v) is 9.77. The van der Waals surface area contributed by atoms with E-state index in [1.807, 2.05) is 38.1 Å². The van der Waals surface area contributed by atoms with Crippen LogP contribution >= 0.6 is 0 Å². The minimum absolute atomic E-state index is 0.105. The first-order chi connectivity index (χ1) is 17.4. The number of imide groups is 1. The smallest absolute Gasteiger partial charge is 0.261 e. The molecule has 0 saturated heterocycles. The zero-order valence-electron chi connectivity index (χ0n) is 21.2. The van der Waals surface area contributed by atoms with Crippen molar-refractivity contribution in [1.82, 2.24) is 15.1 Å². The van der Waals surface area contributed by atoms with Crippen molar-refractivity contribution in [2.75, 3.05) is 6.54 Å². The molecule has 4 rings (SSSR count). The first-order valence-corrected chi connectivity index (χ1v) is 13.0. The van der Waals surface area contributed by atoms with Crippen molar-refractivity contribution < 1.29 is 19.2 Å². The molecule has 36 heavy (non-hydrogen) atoms. The molecule has 0 unspecified atom stereocenters. The summed E-state index contributed by atoms with van der Waals surface area (Å²) in [6.07, 6.45) is 5.19. The maximum Gasteiger partial charge on any atom is 0.261 e. The summed E-state index contributed by atoms with van der Waals surface area (Å²) in [6, 6.07) is 14.3. The third kappa shape index (κ3) is 5.50. The highest BCUT2D eigenvalue weighted by Gasteiger charge is 2.35. The molecular weight excluding hydrogens is 454 g/mol. The third-order valence-corrected chi connectivity index (χ3v) is 7.34. The van der Waals surface area contributed by atoms with E-state index in [1.54, 1.807) is 29.2 Å². The van der Waals surface area contributed by atoms with Crippen LogP contribution in [0.1, 0.15) is 83.7 Å². The number of rotatable bonds is 10. The number of amides is 4. The Bertz CT molecular complexity index is 1100. The molecule has 1 heterocycles. The Balaban J connectivity index is 1.45. The summed E-state index contributed by atoms with van der Waals surface area (Å²) in [6.45, 7) is 4.44. The standard InChI is InChI=1S/C29H35N3O4/c1-3-25(27(34)30-22-13-6-7-14-22)32(19-21-12-5-4-11-20(21)2)26(33)17-10-18-31-28(35)23-15-8-9-16-24(23)29(31)36/h4-5,8-9,11-12,15-16,22,25H,3,6-7,10,13-14,17-19H2,1-2H3,(H,30,34)/t25-/m0/s1. The summed E-state index contributed by atoms with van der Waals surface area (Å²) >= 11 is 0. The van der Waals surface area contributed by atoms with E-state index in [0.29, 0.717) is 30.5 Å². The van der Waals surface area contributed by atoms with E-state index < -0.39 is 6.04 Å². The highest BCUT2D eigenvalue weighted by molar-refractivity contribution is 6.21. The van der Waals surface area contributed by atoms with Crippen LogP contribution in [0, 0.1) is 6.92 Å². The Hall–Kier alpha value is -3.48. The monoisotopic (exact) mass is 489 g/mol. The molecule has 7 heteroatoms. The lowest BCUT2D eigenvalue weighted by Gasteiger charge is -2.32. The van der Waals surface area contributed by atoms with Crippen molar-refractivity contribution in [3.63, 3.8) is 0 Å². The maximum atomic E-state index is 13.5. The quantitative estimate of drug-likeness (QED) is 0.506. The molecule has 2 aromatic carbocycles. The van der Waals surface area contributed by atoms with Gasteiger partial charge in [0.05, 0.1) is 11.1 Å². The van der Waals surface area contributed by atoms with Crippen molar-refractivity contribution in [3.05, 3.63) is 70.8 Å². The number of hydrogen-bond donors (Lipinski definition) is 1. The summed E-state index contributed by atoms with van der Waals surface area (Å²) in [5.41, 5.74) is 2.87. The Morgan fingerprint density at radius 3 is 2.22 bits per heavy atom. The fourth-order valence-electron chi connectivity index (χ4n) is 5.23. The van der Waals surface area contributed by atoms with E-state index in [-0.39, 0.29) is 42.6 Å². The fraction of sp³-hybridized carbons (Fsp3) is 0.448. The fourth-order valence-corrected chi connectivity index (χ4v) is 5.23. The molecule has 1 fully saturated rings. The molecule has 1 aliphatic carbocycles. The molecule has 4 amide bonds. The first-order valence-electron chi connectivity index (χ1n) is 13.0. The molecule has 1 atom stereocenters. The van der Waals surface area contributed by atoms with E-state index >= 15 is 0 Å². The van der Waals surface area contributed by atoms with Gasteiger partial charge in [0, 0.05) is 25.6 Å². The Labute approximate surface area is 212 Å².